The van der Waals surface area contributed by atoms with E-state index in [2.05, 4.69) is 18.7 Å². The van der Waals surface area contributed by atoms with E-state index >= 15 is 0 Å². The lowest BCUT2D eigenvalue weighted by atomic mass is 9.89. The zero-order valence-electron chi connectivity index (χ0n) is 10.4. The van der Waals surface area contributed by atoms with Gasteiger partial charge in [-0.3, -0.25) is 4.79 Å². The van der Waals surface area contributed by atoms with Gasteiger partial charge in [-0.25, -0.2) is 0 Å². The maximum absolute atomic E-state index is 11.2. The lowest BCUT2D eigenvalue weighted by molar-refractivity contribution is -0.139. The van der Waals surface area contributed by atoms with Crippen LogP contribution in [0.2, 0.25) is 0 Å². The topological polar surface area (TPSA) is 40.5 Å². The molecular formula is C14H19NO2. The summed E-state index contributed by atoms with van der Waals surface area (Å²) in [5.41, 5.74) is 2.06. The standard InChI is InChI=1S/C14H19NO2/c1-10(2)9-15-8-7-12(14(16)17)11-5-3-4-6-13(11)15/h3-6,10,12H,7-9H2,1-2H3,(H,16,17). The summed E-state index contributed by atoms with van der Waals surface area (Å²) in [6.45, 7) is 6.20. The van der Waals surface area contributed by atoms with Gasteiger partial charge >= 0.3 is 5.97 Å². The number of carbonyl (C=O) groups is 1. The Morgan fingerprint density at radius 2 is 2.18 bits per heavy atom. The number of aliphatic carboxylic acids is 1. The predicted octanol–water partition coefficient (Wildman–Crippen LogP) is 2.72. The third-order valence-electron chi connectivity index (χ3n) is 3.22. The Labute approximate surface area is 102 Å². The highest BCUT2D eigenvalue weighted by molar-refractivity contribution is 5.80. The monoisotopic (exact) mass is 233 g/mol. The first kappa shape index (κ1) is 12.0. The van der Waals surface area contributed by atoms with Crippen LogP contribution >= 0.6 is 0 Å². The summed E-state index contributed by atoms with van der Waals surface area (Å²) in [5.74, 6) is -0.458. The zero-order valence-corrected chi connectivity index (χ0v) is 10.4. The van der Waals surface area contributed by atoms with E-state index in [0.717, 1.165) is 24.3 Å². The summed E-state index contributed by atoms with van der Waals surface area (Å²) < 4.78 is 0. The van der Waals surface area contributed by atoms with E-state index in [1.54, 1.807) is 0 Å². The molecule has 0 spiro atoms. The number of rotatable bonds is 3. The van der Waals surface area contributed by atoms with Crippen LogP contribution < -0.4 is 4.90 Å². The molecule has 1 aromatic carbocycles. The zero-order chi connectivity index (χ0) is 12.4. The van der Waals surface area contributed by atoms with E-state index in [-0.39, 0.29) is 5.92 Å². The average Bonchev–Trinajstić information content (AvgIpc) is 2.28. The van der Waals surface area contributed by atoms with Crippen molar-refractivity contribution >= 4 is 11.7 Å². The fourth-order valence-corrected chi connectivity index (χ4v) is 2.52. The molecular weight excluding hydrogens is 214 g/mol. The Bertz CT molecular complexity index is 414. The fraction of sp³-hybridized carbons (Fsp3) is 0.500. The number of carboxylic acid groups (broad SMARTS) is 1. The van der Waals surface area contributed by atoms with Crippen LogP contribution in [0.15, 0.2) is 24.3 Å². The van der Waals surface area contributed by atoms with Crippen LogP contribution in [0.1, 0.15) is 31.7 Å². The van der Waals surface area contributed by atoms with Gasteiger partial charge in [0.15, 0.2) is 0 Å². The molecule has 1 heterocycles. The van der Waals surface area contributed by atoms with Gasteiger partial charge < -0.3 is 10.0 Å². The number of hydrogen-bond acceptors (Lipinski definition) is 2. The number of hydrogen-bond donors (Lipinski definition) is 1. The summed E-state index contributed by atoms with van der Waals surface area (Å²) in [7, 11) is 0. The normalized spacial score (nSPS) is 19.2. The lowest BCUT2D eigenvalue weighted by Crippen LogP contribution is -2.35. The van der Waals surface area contributed by atoms with E-state index in [1.807, 2.05) is 24.3 Å². The number of fused-ring (bicyclic) bond motifs is 1. The van der Waals surface area contributed by atoms with Gasteiger partial charge in [-0.1, -0.05) is 32.0 Å². The van der Waals surface area contributed by atoms with E-state index < -0.39 is 5.97 Å². The molecule has 0 aliphatic carbocycles. The largest absolute Gasteiger partial charge is 0.481 e. The highest BCUT2D eigenvalue weighted by Crippen LogP contribution is 2.35. The van der Waals surface area contributed by atoms with Gasteiger partial charge in [0.25, 0.3) is 0 Å². The molecule has 92 valence electrons. The van der Waals surface area contributed by atoms with E-state index in [4.69, 9.17) is 0 Å². The second-order valence-electron chi connectivity index (χ2n) is 5.08. The van der Waals surface area contributed by atoms with Crippen LogP contribution in [0, 0.1) is 5.92 Å². The number of benzene rings is 1. The molecule has 1 aliphatic heterocycles. The maximum Gasteiger partial charge on any atom is 0.311 e. The smallest absolute Gasteiger partial charge is 0.311 e. The van der Waals surface area contributed by atoms with Gasteiger partial charge in [-0.2, -0.15) is 0 Å². The van der Waals surface area contributed by atoms with Crippen molar-refractivity contribution in [1.82, 2.24) is 0 Å². The van der Waals surface area contributed by atoms with Crippen LogP contribution in [0.4, 0.5) is 5.69 Å². The van der Waals surface area contributed by atoms with Crippen molar-refractivity contribution in [3.63, 3.8) is 0 Å². The SMILES string of the molecule is CC(C)CN1CCC(C(=O)O)c2ccccc21. The van der Waals surface area contributed by atoms with Crippen LogP contribution in [-0.2, 0) is 4.79 Å². The molecule has 0 saturated carbocycles. The second-order valence-corrected chi connectivity index (χ2v) is 5.08. The summed E-state index contributed by atoms with van der Waals surface area (Å²) in [5, 5.41) is 9.23. The van der Waals surface area contributed by atoms with Crippen molar-refractivity contribution in [2.45, 2.75) is 26.2 Å². The minimum absolute atomic E-state index is 0.338. The van der Waals surface area contributed by atoms with Gasteiger partial charge in [0, 0.05) is 18.8 Å². The van der Waals surface area contributed by atoms with E-state index in [9.17, 15) is 9.90 Å². The summed E-state index contributed by atoms with van der Waals surface area (Å²) in [6.07, 6.45) is 0.707. The van der Waals surface area contributed by atoms with Gasteiger partial charge in [0.05, 0.1) is 5.92 Å². The number of para-hydroxylation sites is 1. The van der Waals surface area contributed by atoms with Crippen molar-refractivity contribution in [2.24, 2.45) is 5.92 Å². The third kappa shape index (κ3) is 2.43. The van der Waals surface area contributed by atoms with Crippen molar-refractivity contribution in [2.75, 3.05) is 18.0 Å². The first-order valence-corrected chi connectivity index (χ1v) is 6.16. The second kappa shape index (κ2) is 4.78. The van der Waals surface area contributed by atoms with Crippen LogP contribution in [-0.4, -0.2) is 24.2 Å². The Balaban J connectivity index is 2.33. The van der Waals surface area contributed by atoms with Crippen molar-refractivity contribution < 1.29 is 9.90 Å². The molecule has 0 amide bonds. The van der Waals surface area contributed by atoms with Crippen LogP contribution in [0.25, 0.3) is 0 Å². The molecule has 1 aromatic rings. The van der Waals surface area contributed by atoms with Gasteiger partial charge in [-0.05, 0) is 24.0 Å². The molecule has 1 N–H and O–H groups in total. The van der Waals surface area contributed by atoms with Gasteiger partial charge in [0.1, 0.15) is 0 Å². The number of nitrogens with zero attached hydrogens (tertiary/aromatic N) is 1. The molecule has 3 heteroatoms. The quantitative estimate of drug-likeness (QED) is 0.872. The molecule has 0 bridgehead atoms. The molecule has 0 radical (unpaired) electrons. The van der Waals surface area contributed by atoms with Gasteiger partial charge in [0.2, 0.25) is 0 Å². The minimum atomic E-state index is -0.707. The van der Waals surface area contributed by atoms with Crippen molar-refractivity contribution in [1.29, 1.82) is 0 Å². The number of anilines is 1. The highest BCUT2D eigenvalue weighted by Gasteiger charge is 2.29. The van der Waals surface area contributed by atoms with Crippen molar-refractivity contribution in [3.05, 3.63) is 29.8 Å². The average molecular weight is 233 g/mol. The number of carboxylic acids is 1. The summed E-state index contributed by atoms with van der Waals surface area (Å²) >= 11 is 0. The fourth-order valence-electron chi connectivity index (χ4n) is 2.52. The van der Waals surface area contributed by atoms with E-state index in [0.29, 0.717) is 12.3 Å². The maximum atomic E-state index is 11.2. The molecule has 1 aliphatic rings. The predicted molar refractivity (Wildman–Crippen MR) is 68.5 cm³/mol. The molecule has 0 saturated heterocycles. The Hall–Kier alpha value is -1.51. The first-order chi connectivity index (χ1) is 8.09. The molecule has 1 unspecified atom stereocenters. The van der Waals surface area contributed by atoms with Crippen LogP contribution in [0.3, 0.4) is 0 Å². The summed E-state index contributed by atoms with van der Waals surface area (Å²) in [6, 6.07) is 7.89. The van der Waals surface area contributed by atoms with Crippen LogP contribution in [0.5, 0.6) is 0 Å². The van der Waals surface area contributed by atoms with Crippen molar-refractivity contribution in [3.8, 4) is 0 Å². The third-order valence-corrected chi connectivity index (χ3v) is 3.22. The Morgan fingerprint density at radius 1 is 1.47 bits per heavy atom. The highest BCUT2D eigenvalue weighted by atomic mass is 16.4. The summed E-state index contributed by atoms with van der Waals surface area (Å²) in [4.78, 5) is 13.5. The molecule has 1 atom stereocenters. The first-order valence-electron chi connectivity index (χ1n) is 6.16. The Morgan fingerprint density at radius 3 is 2.82 bits per heavy atom. The molecule has 17 heavy (non-hydrogen) atoms. The van der Waals surface area contributed by atoms with Gasteiger partial charge in [-0.15, -0.1) is 0 Å². The van der Waals surface area contributed by atoms with E-state index in [1.165, 1.54) is 0 Å². The lowest BCUT2D eigenvalue weighted by Gasteiger charge is -2.35. The Kier molecular flexibility index (Phi) is 3.36. The molecule has 0 aromatic heterocycles. The minimum Gasteiger partial charge on any atom is -0.481 e. The molecule has 2 rings (SSSR count). The molecule has 3 nitrogen and oxygen atoms in total. The molecule has 0 fully saturated rings.